The van der Waals surface area contributed by atoms with E-state index in [0.29, 0.717) is 28.9 Å². The number of ether oxygens (including phenoxy) is 2. The zero-order chi connectivity index (χ0) is 24.7. The van der Waals surface area contributed by atoms with Gasteiger partial charge in [-0.25, -0.2) is 4.39 Å². The van der Waals surface area contributed by atoms with Gasteiger partial charge < -0.3 is 18.8 Å². The SMILES string of the molecule is COc1ccc(CCN2C(=O)c3oc4ccc(C)cc4c(=O)c3[C@H]2c2ccccc2F)cc1OC. The van der Waals surface area contributed by atoms with Crippen molar-refractivity contribution in [2.45, 2.75) is 19.4 Å². The average Bonchev–Trinajstić information content (AvgIpc) is 3.14. The Hall–Kier alpha value is -4.13. The Labute approximate surface area is 201 Å². The number of rotatable bonds is 6. The van der Waals surface area contributed by atoms with Gasteiger partial charge in [-0.05, 0) is 49.2 Å². The molecule has 1 aliphatic rings. The molecule has 2 heterocycles. The number of fused-ring (bicyclic) bond motifs is 2. The largest absolute Gasteiger partial charge is 0.493 e. The molecule has 0 aliphatic carbocycles. The lowest BCUT2D eigenvalue weighted by Crippen LogP contribution is -2.32. The topological polar surface area (TPSA) is 69.0 Å². The number of hydrogen-bond donors (Lipinski definition) is 0. The molecular formula is C28H24FNO5. The van der Waals surface area contributed by atoms with E-state index in [4.69, 9.17) is 13.9 Å². The predicted molar refractivity (Wildman–Crippen MR) is 130 cm³/mol. The Morgan fingerprint density at radius 3 is 2.49 bits per heavy atom. The van der Waals surface area contributed by atoms with E-state index >= 15 is 0 Å². The summed E-state index contributed by atoms with van der Waals surface area (Å²) in [6, 6.07) is 16.1. The van der Waals surface area contributed by atoms with Crippen molar-refractivity contribution in [2.75, 3.05) is 20.8 Å². The fourth-order valence-corrected chi connectivity index (χ4v) is 4.67. The van der Waals surface area contributed by atoms with Crippen molar-refractivity contribution in [1.29, 1.82) is 0 Å². The van der Waals surface area contributed by atoms with Gasteiger partial charge in [-0.2, -0.15) is 0 Å². The maximum absolute atomic E-state index is 15.0. The van der Waals surface area contributed by atoms with Gasteiger partial charge in [-0.15, -0.1) is 0 Å². The predicted octanol–water partition coefficient (Wildman–Crippen LogP) is 5.05. The fourth-order valence-electron chi connectivity index (χ4n) is 4.67. The van der Waals surface area contributed by atoms with Gasteiger partial charge in [-0.1, -0.05) is 35.9 Å². The molecule has 5 rings (SSSR count). The van der Waals surface area contributed by atoms with E-state index in [1.54, 1.807) is 50.6 Å². The minimum atomic E-state index is -0.889. The molecule has 3 aromatic carbocycles. The van der Waals surface area contributed by atoms with E-state index in [1.807, 2.05) is 25.1 Å². The second kappa shape index (κ2) is 8.91. The number of carbonyl (C=O) groups excluding carboxylic acids is 1. The number of nitrogens with zero attached hydrogens (tertiary/aromatic N) is 1. The van der Waals surface area contributed by atoms with E-state index < -0.39 is 17.8 Å². The van der Waals surface area contributed by atoms with Crippen LogP contribution < -0.4 is 14.9 Å². The normalized spacial score (nSPS) is 14.9. The third-order valence-electron chi connectivity index (χ3n) is 6.41. The number of halogens is 1. The summed E-state index contributed by atoms with van der Waals surface area (Å²) in [5, 5.41) is 0.375. The number of hydrogen-bond acceptors (Lipinski definition) is 5. The van der Waals surface area contributed by atoms with Gasteiger partial charge in [0.1, 0.15) is 11.4 Å². The van der Waals surface area contributed by atoms with Crippen LogP contribution in [0.2, 0.25) is 0 Å². The first-order valence-corrected chi connectivity index (χ1v) is 11.3. The summed E-state index contributed by atoms with van der Waals surface area (Å²) in [6.45, 7) is 2.12. The van der Waals surface area contributed by atoms with Gasteiger partial charge in [0.2, 0.25) is 5.76 Å². The molecule has 0 saturated carbocycles. The molecule has 0 bridgehead atoms. The van der Waals surface area contributed by atoms with Crippen molar-refractivity contribution in [2.24, 2.45) is 0 Å². The van der Waals surface area contributed by atoms with Crippen LogP contribution in [0.5, 0.6) is 11.5 Å². The molecule has 178 valence electrons. The molecule has 0 saturated heterocycles. The lowest BCUT2D eigenvalue weighted by molar-refractivity contribution is 0.0728. The molecular weight excluding hydrogens is 449 g/mol. The van der Waals surface area contributed by atoms with Gasteiger partial charge in [-0.3, -0.25) is 9.59 Å². The standard InChI is InChI=1S/C28H24FNO5/c1-16-8-10-21-19(14-16)26(31)24-25(18-6-4-5-7-20(18)29)30(28(32)27(24)35-21)13-12-17-9-11-22(33-2)23(15-17)34-3/h4-11,14-15,25H,12-13H2,1-3H3/t25-/m1/s1. The zero-order valence-corrected chi connectivity index (χ0v) is 19.6. The van der Waals surface area contributed by atoms with Gasteiger partial charge in [0.25, 0.3) is 5.91 Å². The quantitative estimate of drug-likeness (QED) is 0.392. The first kappa shape index (κ1) is 22.7. The summed E-state index contributed by atoms with van der Waals surface area (Å²) in [5.74, 6) is 0.213. The fraction of sp³-hybridized carbons (Fsp3) is 0.214. The first-order chi connectivity index (χ1) is 16.9. The highest BCUT2D eigenvalue weighted by Crippen LogP contribution is 2.39. The second-order valence-electron chi connectivity index (χ2n) is 8.54. The Balaban J connectivity index is 1.60. The van der Waals surface area contributed by atoms with E-state index in [-0.39, 0.29) is 28.9 Å². The molecule has 35 heavy (non-hydrogen) atoms. The maximum Gasteiger partial charge on any atom is 0.290 e. The number of benzene rings is 3. The Kier molecular flexibility index (Phi) is 5.76. The summed E-state index contributed by atoms with van der Waals surface area (Å²) < 4.78 is 31.6. The Bertz CT molecular complexity index is 1510. The molecule has 0 N–H and O–H groups in total. The van der Waals surface area contributed by atoms with Crippen LogP contribution in [0.4, 0.5) is 4.39 Å². The summed E-state index contributed by atoms with van der Waals surface area (Å²) in [7, 11) is 3.12. The molecule has 1 aliphatic heterocycles. The van der Waals surface area contributed by atoms with Crippen molar-refractivity contribution < 1.29 is 23.1 Å². The molecule has 0 spiro atoms. The minimum Gasteiger partial charge on any atom is -0.493 e. The number of methoxy groups -OCH3 is 2. The highest BCUT2D eigenvalue weighted by molar-refractivity contribution is 5.99. The molecule has 0 radical (unpaired) electrons. The summed E-state index contributed by atoms with van der Waals surface area (Å²) in [5.41, 5.74) is 2.24. The highest BCUT2D eigenvalue weighted by atomic mass is 19.1. The molecule has 4 aromatic rings. The van der Waals surface area contributed by atoms with E-state index in [2.05, 4.69) is 0 Å². The van der Waals surface area contributed by atoms with Crippen molar-refractivity contribution in [1.82, 2.24) is 4.90 Å². The summed E-state index contributed by atoms with van der Waals surface area (Å²) in [4.78, 5) is 28.6. The van der Waals surface area contributed by atoms with Crippen LogP contribution in [-0.2, 0) is 6.42 Å². The molecule has 6 nitrogen and oxygen atoms in total. The van der Waals surface area contributed by atoms with Gasteiger partial charge in [0, 0.05) is 12.1 Å². The number of amides is 1. The van der Waals surface area contributed by atoms with Crippen LogP contribution in [-0.4, -0.2) is 31.6 Å². The number of aryl methyl sites for hydroxylation is 1. The molecule has 1 amide bonds. The third kappa shape index (κ3) is 3.83. The van der Waals surface area contributed by atoms with Crippen LogP contribution in [0.3, 0.4) is 0 Å². The van der Waals surface area contributed by atoms with Crippen molar-refractivity contribution in [3.63, 3.8) is 0 Å². The van der Waals surface area contributed by atoms with Crippen LogP contribution in [0.1, 0.15) is 38.9 Å². The third-order valence-corrected chi connectivity index (χ3v) is 6.41. The second-order valence-corrected chi connectivity index (χ2v) is 8.54. The summed E-state index contributed by atoms with van der Waals surface area (Å²) in [6.07, 6.45) is 0.456. The van der Waals surface area contributed by atoms with Crippen LogP contribution in [0, 0.1) is 12.7 Å². The highest BCUT2D eigenvalue weighted by Gasteiger charge is 2.43. The Morgan fingerprint density at radius 2 is 1.74 bits per heavy atom. The summed E-state index contributed by atoms with van der Waals surface area (Å²) >= 11 is 0. The smallest absolute Gasteiger partial charge is 0.290 e. The molecule has 0 fully saturated rings. The molecule has 7 heteroatoms. The monoisotopic (exact) mass is 473 g/mol. The first-order valence-electron chi connectivity index (χ1n) is 11.3. The van der Waals surface area contributed by atoms with Crippen LogP contribution >= 0.6 is 0 Å². The molecule has 1 aromatic heterocycles. The lowest BCUT2D eigenvalue weighted by atomic mass is 9.97. The van der Waals surface area contributed by atoms with Gasteiger partial charge in [0.05, 0.1) is 31.2 Å². The van der Waals surface area contributed by atoms with Crippen molar-refractivity contribution in [3.05, 3.63) is 105 Å². The van der Waals surface area contributed by atoms with E-state index in [0.717, 1.165) is 11.1 Å². The lowest BCUT2D eigenvalue weighted by Gasteiger charge is -2.25. The van der Waals surface area contributed by atoms with Gasteiger partial charge >= 0.3 is 0 Å². The average molecular weight is 474 g/mol. The molecule has 0 unspecified atom stereocenters. The van der Waals surface area contributed by atoms with Crippen LogP contribution in [0.15, 0.2) is 69.9 Å². The van der Waals surface area contributed by atoms with Gasteiger partial charge in [0.15, 0.2) is 16.9 Å². The number of carbonyl (C=O) groups is 1. The van der Waals surface area contributed by atoms with Crippen molar-refractivity contribution in [3.8, 4) is 11.5 Å². The van der Waals surface area contributed by atoms with E-state index in [9.17, 15) is 14.0 Å². The van der Waals surface area contributed by atoms with Crippen LogP contribution in [0.25, 0.3) is 11.0 Å². The van der Waals surface area contributed by atoms with Crippen molar-refractivity contribution >= 4 is 16.9 Å². The maximum atomic E-state index is 15.0. The molecule has 1 atom stereocenters. The van der Waals surface area contributed by atoms with E-state index in [1.165, 1.54) is 11.0 Å². The zero-order valence-electron chi connectivity index (χ0n) is 19.6. The Morgan fingerprint density at radius 1 is 0.971 bits per heavy atom. The minimum absolute atomic E-state index is 0.0353.